The fraction of sp³-hybridized carbons (Fsp3) is 0.529. The molecular formula is C17H25N3O3. The lowest BCUT2D eigenvalue weighted by Crippen LogP contribution is -2.41. The number of likely N-dealkylation sites (N-methyl/N-ethyl adjacent to an activating group) is 1. The predicted octanol–water partition coefficient (Wildman–Crippen LogP) is 0.374. The van der Waals surface area contributed by atoms with E-state index in [0.717, 1.165) is 17.9 Å². The van der Waals surface area contributed by atoms with E-state index in [1.807, 2.05) is 31.3 Å². The summed E-state index contributed by atoms with van der Waals surface area (Å²) in [5.74, 6) is 0.580. The normalized spacial score (nSPS) is 19.1. The van der Waals surface area contributed by atoms with Crippen molar-refractivity contribution in [2.24, 2.45) is 5.92 Å². The van der Waals surface area contributed by atoms with Crippen LogP contribution in [0.5, 0.6) is 5.75 Å². The highest BCUT2D eigenvalue weighted by atomic mass is 16.5. The molecule has 1 atom stereocenters. The second-order valence-electron chi connectivity index (χ2n) is 5.94. The quantitative estimate of drug-likeness (QED) is 0.871. The van der Waals surface area contributed by atoms with Gasteiger partial charge in [-0.2, -0.15) is 0 Å². The van der Waals surface area contributed by atoms with Crippen LogP contribution in [0, 0.1) is 5.92 Å². The lowest BCUT2D eigenvalue weighted by molar-refractivity contribution is -0.132. The molecule has 0 bridgehead atoms. The monoisotopic (exact) mass is 319 g/mol. The van der Waals surface area contributed by atoms with Crippen LogP contribution in [0.15, 0.2) is 24.3 Å². The molecule has 1 saturated heterocycles. The second kappa shape index (κ2) is 7.97. The van der Waals surface area contributed by atoms with E-state index in [0.29, 0.717) is 26.1 Å². The maximum Gasteiger partial charge on any atom is 0.227 e. The predicted molar refractivity (Wildman–Crippen MR) is 88.3 cm³/mol. The van der Waals surface area contributed by atoms with Crippen LogP contribution in [-0.2, 0) is 16.0 Å². The first kappa shape index (κ1) is 17.3. The molecule has 0 aromatic heterocycles. The first-order chi connectivity index (χ1) is 11.0. The highest BCUT2D eigenvalue weighted by Crippen LogP contribution is 2.15. The number of amides is 2. The zero-order valence-electron chi connectivity index (χ0n) is 14.0. The van der Waals surface area contributed by atoms with E-state index in [1.54, 1.807) is 19.1 Å². The first-order valence-corrected chi connectivity index (χ1v) is 7.84. The Morgan fingerprint density at radius 1 is 1.30 bits per heavy atom. The third-order valence-corrected chi connectivity index (χ3v) is 4.18. The standard InChI is InChI=1S/C17H25N3O3/c1-18-17(22)14-11-19(2)7-8-20(12-14)16(21)10-13-5-4-6-15(9-13)23-3/h4-6,9,14H,7-8,10-12H2,1-3H3,(H,18,22). The van der Waals surface area contributed by atoms with Crippen molar-refractivity contribution in [1.82, 2.24) is 15.1 Å². The van der Waals surface area contributed by atoms with Crippen molar-refractivity contribution in [2.45, 2.75) is 6.42 Å². The number of carbonyl (C=O) groups excluding carboxylic acids is 2. The van der Waals surface area contributed by atoms with Crippen LogP contribution in [0.4, 0.5) is 0 Å². The van der Waals surface area contributed by atoms with Crippen molar-refractivity contribution >= 4 is 11.8 Å². The summed E-state index contributed by atoms with van der Waals surface area (Å²) in [6.45, 7) is 2.56. The average molecular weight is 319 g/mol. The van der Waals surface area contributed by atoms with E-state index in [-0.39, 0.29) is 17.7 Å². The van der Waals surface area contributed by atoms with Crippen molar-refractivity contribution in [3.63, 3.8) is 0 Å². The molecule has 1 fully saturated rings. The minimum atomic E-state index is -0.193. The van der Waals surface area contributed by atoms with Crippen LogP contribution >= 0.6 is 0 Å². The summed E-state index contributed by atoms with van der Waals surface area (Å²) in [5.41, 5.74) is 0.920. The number of hydrogen-bond donors (Lipinski definition) is 1. The number of nitrogens with one attached hydrogen (secondary N) is 1. The summed E-state index contributed by atoms with van der Waals surface area (Å²) in [6.07, 6.45) is 0.321. The highest BCUT2D eigenvalue weighted by Gasteiger charge is 2.28. The maximum absolute atomic E-state index is 12.6. The minimum Gasteiger partial charge on any atom is -0.497 e. The fourth-order valence-electron chi connectivity index (χ4n) is 2.84. The molecule has 1 aromatic carbocycles. The topological polar surface area (TPSA) is 61.9 Å². The Hall–Kier alpha value is -2.08. The smallest absolute Gasteiger partial charge is 0.227 e. The summed E-state index contributed by atoms with van der Waals surface area (Å²) < 4.78 is 5.19. The molecule has 0 radical (unpaired) electrons. The van der Waals surface area contributed by atoms with Gasteiger partial charge in [0.25, 0.3) is 0 Å². The highest BCUT2D eigenvalue weighted by molar-refractivity contribution is 5.82. The molecule has 1 aliphatic heterocycles. The van der Waals surface area contributed by atoms with Gasteiger partial charge in [-0.1, -0.05) is 12.1 Å². The van der Waals surface area contributed by atoms with Crippen molar-refractivity contribution in [3.05, 3.63) is 29.8 Å². The van der Waals surface area contributed by atoms with Gasteiger partial charge in [0.05, 0.1) is 19.4 Å². The van der Waals surface area contributed by atoms with Gasteiger partial charge in [0.1, 0.15) is 5.75 Å². The van der Waals surface area contributed by atoms with E-state index >= 15 is 0 Å². The van der Waals surface area contributed by atoms with E-state index in [1.165, 1.54) is 0 Å². The van der Waals surface area contributed by atoms with E-state index in [9.17, 15) is 9.59 Å². The van der Waals surface area contributed by atoms with Crippen molar-refractivity contribution in [1.29, 1.82) is 0 Å². The molecule has 0 saturated carbocycles. The molecule has 0 aliphatic carbocycles. The minimum absolute atomic E-state index is 0.0158. The molecule has 1 aliphatic rings. The van der Waals surface area contributed by atoms with Gasteiger partial charge in [0.2, 0.25) is 11.8 Å². The third kappa shape index (κ3) is 4.69. The first-order valence-electron chi connectivity index (χ1n) is 7.84. The number of carbonyl (C=O) groups is 2. The van der Waals surface area contributed by atoms with E-state index in [2.05, 4.69) is 10.2 Å². The lowest BCUT2D eigenvalue weighted by atomic mass is 10.1. The van der Waals surface area contributed by atoms with E-state index in [4.69, 9.17) is 4.74 Å². The Labute approximate surface area is 137 Å². The molecule has 126 valence electrons. The average Bonchev–Trinajstić information content (AvgIpc) is 2.76. The van der Waals surface area contributed by atoms with Crippen LogP contribution < -0.4 is 10.1 Å². The van der Waals surface area contributed by atoms with Gasteiger partial charge in [-0.05, 0) is 24.7 Å². The molecule has 6 heteroatoms. The number of nitrogens with zero attached hydrogens (tertiary/aromatic N) is 2. The van der Waals surface area contributed by atoms with Crippen LogP contribution in [-0.4, -0.2) is 69.0 Å². The largest absolute Gasteiger partial charge is 0.497 e. The van der Waals surface area contributed by atoms with Gasteiger partial charge in [-0.15, -0.1) is 0 Å². The van der Waals surface area contributed by atoms with Crippen LogP contribution in [0.1, 0.15) is 5.56 Å². The second-order valence-corrected chi connectivity index (χ2v) is 5.94. The summed E-state index contributed by atoms with van der Waals surface area (Å²) in [7, 11) is 5.22. The number of benzene rings is 1. The number of hydrogen-bond acceptors (Lipinski definition) is 4. The zero-order valence-corrected chi connectivity index (χ0v) is 14.0. The summed E-state index contributed by atoms with van der Waals surface area (Å²) in [6, 6.07) is 7.53. The van der Waals surface area contributed by atoms with Crippen LogP contribution in [0.2, 0.25) is 0 Å². The van der Waals surface area contributed by atoms with Gasteiger partial charge >= 0.3 is 0 Å². The number of ether oxygens (including phenoxy) is 1. The Balaban J connectivity index is 2.05. The number of methoxy groups -OCH3 is 1. The molecule has 1 unspecified atom stereocenters. The number of rotatable bonds is 4. The van der Waals surface area contributed by atoms with Crippen LogP contribution in [0.25, 0.3) is 0 Å². The maximum atomic E-state index is 12.6. The summed E-state index contributed by atoms with van der Waals surface area (Å²) in [5, 5.41) is 2.69. The third-order valence-electron chi connectivity index (χ3n) is 4.18. The Bertz CT molecular complexity index is 562. The van der Waals surface area contributed by atoms with Crippen molar-refractivity contribution in [2.75, 3.05) is 47.4 Å². The van der Waals surface area contributed by atoms with Gasteiger partial charge in [-0.3, -0.25) is 9.59 Å². The Kier molecular flexibility index (Phi) is 5.98. The molecule has 2 amide bonds. The van der Waals surface area contributed by atoms with Gasteiger partial charge in [0, 0.05) is 33.2 Å². The van der Waals surface area contributed by atoms with Gasteiger partial charge in [0.15, 0.2) is 0 Å². The molecule has 0 spiro atoms. The van der Waals surface area contributed by atoms with Crippen molar-refractivity contribution in [3.8, 4) is 5.75 Å². The van der Waals surface area contributed by atoms with Gasteiger partial charge in [-0.25, -0.2) is 0 Å². The van der Waals surface area contributed by atoms with Gasteiger partial charge < -0.3 is 19.9 Å². The lowest BCUT2D eigenvalue weighted by Gasteiger charge is -2.23. The van der Waals surface area contributed by atoms with Crippen LogP contribution in [0.3, 0.4) is 0 Å². The molecule has 1 aromatic rings. The Morgan fingerprint density at radius 2 is 2.09 bits per heavy atom. The molecular weight excluding hydrogens is 294 g/mol. The van der Waals surface area contributed by atoms with Crippen molar-refractivity contribution < 1.29 is 14.3 Å². The zero-order chi connectivity index (χ0) is 16.8. The molecule has 1 heterocycles. The molecule has 1 N–H and O–H groups in total. The fourth-order valence-corrected chi connectivity index (χ4v) is 2.84. The summed E-state index contributed by atoms with van der Waals surface area (Å²) in [4.78, 5) is 28.5. The summed E-state index contributed by atoms with van der Waals surface area (Å²) >= 11 is 0. The Morgan fingerprint density at radius 3 is 2.78 bits per heavy atom. The molecule has 2 rings (SSSR count). The molecule has 23 heavy (non-hydrogen) atoms. The SMILES string of the molecule is CNC(=O)C1CN(C)CCN(C(=O)Cc2cccc(OC)c2)C1. The molecule has 6 nitrogen and oxygen atoms in total. The van der Waals surface area contributed by atoms with E-state index < -0.39 is 0 Å².